The molecule has 1 aromatic heterocycles. The van der Waals surface area contributed by atoms with Crippen molar-refractivity contribution >= 4 is 5.78 Å². The molecule has 1 fully saturated rings. The maximum atomic E-state index is 11.7. The number of carbonyl (C=O) groups excluding carboxylic acids is 1. The predicted molar refractivity (Wildman–Crippen MR) is 74.3 cm³/mol. The highest BCUT2D eigenvalue weighted by atomic mass is 16.5. The van der Waals surface area contributed by atoms with Crippen LogP contribution in [-0.2, 0) is 9.53 Å². The quantitative estimate of drug-likeness (QED) is 0.798. The molecule has 5 heteroatoms. The van der Waals surface area contributed by atoms with Gasteiger partial charge in [-0.2, -0.15) is 4.98 Å². The molecule has 20 heavy (non-hydrogen) atoms. The molecule has 1 aromatic rings. The van der Waals surface area contributed by atoms with Crippen molar-refractivity contribution in [3.63, 3.8) is 0 Å². The molecular formula is C15H24N2O3. The fourth-order valence-electron chi connectivity index (χ4n) is 2.93. The summed E-state index contributed by atoms with van der Waals surface area (Å²) in [5, 5.41) is 4.04. The van der Waals surface area contributed by atoms with E-state index in [1.165, 1.54) is 19.3 Å². The first-order valence-electron chi connectivity index (χ1n) is 7.56. The van der Waals surface area contributed by atoms with E-state index in [1.54, 1.807) is 7.11 Å². The summed E-state index contributed by atoms with van der Waals surface area (Å²) in [5.41, 5.74) is 0. The largest absolute Gasteiger partial charge is 0.373 e. The van der Waals surface area contributed by atoms with E-state index >= 15 is 0 Å². The highest BCUT2D eigenvalue weighted by Crippen LogP contribution is 2.35. The smallest absolute Gasteiger partial charge is 0.237 e. The molecule has 0 N–H and O–H groups in total. The molecule has 0 saturated heterocycles. The number of methoxy groups -OCH3 is 1. The second kappa shape index (κ2) is 6.97. The fraction of sp³-hybridized carbons (Fsp3) is 0.800. The van der Waals surface area contributed by atoms with Crippen molar-refractivity contribution in [1.29, 1.82) is 0 Å². The zero-order valence-corrected chi connectivity index (χ0v) is 12.6. The molecule has 2 unspecified atom stereocenters. The zero-order chi connectivity index (χ0) is 14.5. The Kier molecular flexibility index (Phi) is 5.29. The van der Waals surface area contributed by atoms with Gasteiger partial charge < -0.3 is 9.26 Å². The lowest BCUT2D eigenvalue weighted by atomic mass is 9.85. The van der Waals surface area contributed by atoms with Crippen LogP contribution in [0, 0.1) is 5.92 Å². The first-order chi connectivity index (χ1) is 9.67. The number of ether oxygens (including phenoxy) is 1. The van der Waals surface area contributed by atoms with Crippen molar-refractivity contribution in [3.05, 3.63) is 11.7 Å². The van der Waals surface area contributed by atoms with Crippen LogP contribution < -0.4 is 0 Å². The zero-order valence-electron chi connectivity index (χ0n) is 12.6. The summed E-state index contributed by atoms with van der Waals surface area (Å²) in [6.45, 7) is 3.65. The number of carbonyl (C=O) groups is 1. The van der Waals surface area contributed by atoms with Gasteiger partial charge in [-0.15, -0.1) is 0 Å². The molecule has 2 atom stereocenters. The summed E-state index contributed by atoms with van der Waals surface area (Å²) in [4.78, 5) is 16.1. The summed E-state index contributed by atoms with van der Waals surface area (Å²) in [5.74, 6) is 1.24. The van der Waals surface area contributed by atoms with Crippen LogP contribution in [0.2, 0.25) is 0 Å². The number of aromatic nitrogens is 2. The molecule has 1 heterocycles. The van der Waals surface area contributed by atoms with Gasteiger partial charge in [0.15, 0.2) is 0 Å². The van der Waals surface area contributed by atoms with E-state index in [9.17, 15) is 4.79 Å². The Morgan fingerprint density at radius 1 is 1.40 bits per heavy atom. The lowest BCUT2D eigenvalue weighted by molar-refractivity contribution is -0.120. The van der Waals surface area contributed by atoms with Crippen molar-refractivity contribution in [2.24, 2.45) is 5.92 Å². The van der Waals surface area contributed by atoms with Gasteiger partial charge in [0.05, 0.1) is 5.92 Å². The van der Waals surface area contributed by atoms with Crippen LogP contribution in [0.15, 0.2) is 4.52 Å². The summed E-state index contributed by atoms with van der Waals surface area (Å²) in [6.07, 6.45) is 6.43. The molecular weight excluding hydrogens is 256 g/mol. The lowest BCUT2D eigenvalue weighted by Crippen LogP contribution is -2.19. The summed E-state index contributed by atoms with van der Waals surface area (Å²) in [6, 6.07) is 0. The number of hydrogen-bond acceptors (Lipinski definition) is 5. The SMILES string of the molecule is CCC(=O)C(C)c1nc(C(OC)C2CCCCC2)no1. The highest BCUT2D eigenvalue weighted by Gasteiger charge is 2.30. The predicted octanol–water partition coefficient (Wildman–Crippen LogP) is 3.42. The monoisotopic (exact) mass is 280 g/mol. The number of rotatable bonds is 6. The van der Waals surface area contributed by atoms with Gasteiger partial charge in [-0.1, -0.05) is 31.3 Å². The van der Waals surface area contributed by atoms with E-state index in [2.05, 4.69) is 10.1 Å². The first kappa shape index (κ1) is 15.2. The minimum atomic E-state index is -0.329. The molecule has 112 valence electrons. The molecule has 1 aliphatic carbocycles. The van der Waals surface area contributed by atoms with E-state index in [0.29, 0.717) is 24.1 Å². The lowest BCUT2D eigenvalue weighted by Gasteiger charge is -2.26. The van der Waals surface area contributed by atoms with Gasteiger partial charge in [0.1, 0.15) is 11.9 Å². The van der Waals surface area contributed by atoms with Crippen LogP contribution in [0.4, 0.5) is 0 Å². The van der Waals surface area contributed by atoms with E-state index in [4.69, 9.17) is 9.26 Å². The highest BCUT2D eigenvalue weighted by molar-refractivity contribution is 5.83. The average molecular weight is 280 g/mol. The van der Waals surface area contributed by atoms with E-state index < -0.39 is 0 Å². The molecule has 0 amide bonds. The topological polar surface area (TPSA) is 65.2 Å². The Morgan fingerprint density at radius 2 is 2.10 bits per heavy atom. The molecule has 1 aliphatic rings. The maximum absolute atomic E-state index is 11.7. The molecule has 0 bridgehead atoms. The molecule has 0 radical (unpaired) electrons. The minimum absolute atomic E-state index is 0.114. The molecule has 0 aromatic carbocycles. The Balaban J connectivity index is 2.11. The summed E-state index contributed by atoms with van der Waals surface area (Å²) < 4.78 is 10.8. The van der Waals surface area contributed by atoms with Crippen LogP contribution in [0.3, 0.4) is 0 Å². The summed E-state index contributed by atoms with van der Waals surface area (Å²) in [7, 11) is 1.69. The van der Waals surface area contributed by atoms with Crippen LogP contribution >= 0.6 is 0 Å². The number of Topliss-reactive ketones (excluding diaryl/α,β-unsaturated/α-hetero) is 1. The Hall–Kier alpha value is -1.23. The van der Waals surface area contributed by atoms with Crippen LogP contribution in [-0.4, -0.2) is 23.0 Å². The molecule has 2 rings (SSSR count). The van der Waals surface area contributed by atoms with Gasteiger partial charge >= 0.3 is 0 Å². The van der Waals surface area contributed by atoms with E-state index in [0.717, 1.165) is 12.8 Å². The van der Waals surface area contributed by atoms with Gasteiger partial charge in [0.25, 0.3) is 0 Å². The molecule has 5 nitrogen and oxygen atoms in total. The van der Waals surface area contributed by atoms with Gasteiger partial charge in [-0.3, -0.25) is 4.79 Å². The maximum Gasteiger partial charge on any atom is 0.237 e. The minimum Gasteiger partial charge on any atom is -0.373 e. The third-order valence-corrected chi connectivity index (χ3v) is 4.25. The Morgan fingerprint density at radius 3 is 2.70 bits per heavy atom. The Labute approximate surface area is 120 Å². The third-order valence-electron chi connectivity index (χ3n) is 4.25. The normalized spacial score (nSPS) is 19.8. The second-order valence-corrected chi connectivity index (χ2v) is 5.59. The van der Waals surface area contributed by atoms with Crippen LogP contribution in [0.1, 0.15) is 76.1 Å². The standard InChI is InChI=1S/C15H24N2O3/c1-4-12(18)10(2)15-16-14(17-20-15)13(19-3)11-8-6-5-7-9-11/h10-11,13H,4-9H2,1-3H3. The van der Waals surface area contributed by atoms with Crippen molar-refractivity contribution < 1.29 is 14.1 Å². The van der Waals surface area contributed by atoms with Crippen LogP contribution in [0.5, 0.6) is 0 Å². The van der Waals surface area contributed by atoms with E-state index in [-0.39, 0.29) is 17.8 Å². The number of ketones is 1. The number of nitrogens with zero attached hydrogens (tertiary/aromatic N) is 2. The summed E-state index contributed by atoms with van der Waals surface area (Å²) >= 11 is 0. The second-order valence-electron chi connectivity index (χ2n) is 5.59. The molecule has 0 aliphatic heterocycles. The van der Waals surface area contributed by atoms with Gasteiger partial charge in [-0.25, -0.2) is 0 Å². The van der Waals surface area contributed by atoms with Crippen molar-refractivity contribution in [2.75, 3.05) is 7.11 Å². The average Bonchev–Trinajstić information content (AvgIpc) is 2.97. The Bertz CT molecular complexity index is 438. The number of hydrogen-bond donors (Lipinski definition) is 0. The van der Waals surface area contributed by atoms with Crippen molar-refractivity contribution in [2.45, 2.75) is 64.4 Å². The van der Waals surface area contributed by atoms with Gasteiger partial charge in [0, 0.05) is 13.5 Å². The third kappa shape index (κ3) is 3.26. The molecule has 0 spiro atoms. The van der Waals surface area contributed by atoms with Crippen LogP contribution in [0.25, 0.3) is 0 Å². The van der Waals surface area contributed by atoms with Gasteiger partial charge in [0.2, 0.25) is 11.7 Å². The van der Waals surface area contributed by atoms with Crippen molar-refractivity contribution in [1.82, 2.24) is 10.1 Å². The van der Waals surface area contributed by atoms with Crippen molar-refractivity contribution in [3.8, 4) is 0 Å². The molecule has 1 saturated carbocycles. The first-order valence-corrected chi connectivity index (χ1v) is 7.56. The fourth-order valence-corrected chi connectivity index (χ4v) is 2.93. The van der Waals surface area contributed by atoms with E-state index in [1.807, 2.05) is 13.8 Å². The van der Waals surface area contributed by atoms with Gasteiger partial charge in [-0.05, 0) is 25.7 Å².